The highest BCUT2D eigenvalue weighted by Crippen LogP contribution is 2.24. The van der Waals surface area contributed by atoms with E-state index in [1.807, 2.05) is 5.38 Å². The Hall–Kier alpha value is -0.980. The van der Waals surface area contributed by atoms with Gasteiger partial charge in [0.05, 0.1) is 4.92 Å². The van der Waals surface area contributed by atoms with Gasteiger partial charge < -0.3 is 5.73 Å². The minimum atomic E-state index is -0.343. The zero-order valence-corrected chi connectivity index (χ0v) is 9.07. The summed E-state index contributed by atoms with van der Waals surface area (Å²) >= 11 is 1.18. The Morgan fingerprint density at radius 2 is 2.53 bits per heavy atom. The van der Waals surface area contributed by atoms with Gasteiger partial charge in [-0.1, -0.05) is 11.3 Å². The number of thiophene rings is 1. The summed E-state index contributed by atoms with van der Waals surface area (Å²) in [6.45, 7) is 2.66. The molecule has 1 aliphatic heterocycles. The first-order valence-corrected chi connectivity index (χ1v) is 5.73. The highest BCUT2D eigenvalue weighted by Gasteiger charge is 2.20. The van der Waals surface area contributed by atoms with Crippen LogP contribution < -0.4 is 5.73 Å². The van der Waals surface area contributed by atoms with E-state index in [1.165, 1.54) is 11.3 Å². The molecule has 0 bridgehead atoms. The van der Waals surface area contributed by atoms with E-state index in [2.05, 4.69) is 4.90 Å². The third-order valence-corrected chi connectivity index (χ3v) is 3.46. The first-order valence-electron chi connectivity index (χ1n) is 4.85. The van der Waals surface area contributed by atoms with E-state index in [-0.39, 0.29) is 16.0 Å². The number of hydrogen-bond acceptors (Lipinski definition) is 5. The molecule has 0 unspecified atom stereocenters. The predicted octanol–water partition coefficient (Wildman–Crippen LogP) is 1.19. The van der Waals surface area contributed by atoms with Crippen LogP contribution in [0.1, 0.15) is 12.0 Å². The van der Waals surface area contributed by atoms with Crippen molar-refractivity contribution in [3.63, 3.8) is 0 Å². The van der Waals surface area contributed by atoms with Crippen molar-refractivity contribution in [2.75, 3.05) is 13.1 Å². The van der Waals surface area contributed by atoms with Crippen LogP contribution in [0.4, 0.5) is 5.00 Å². The molecular weight excluding hydrogens is 214 g/mol. The Balaban J connectivity index is 1.96. The number of hydrogen-bond donors (Lipinski definition) is 1. The minimum absolute atomic E-state index is 0.216. The normalized spacial score (nSPS) is 22.1. The summed E-state index contributed by atoms with van der Waals surface area (Å²) in [5, 5.41) is 12.6. The third-order valence-electron chi connectivity index (χ3n) is 2.53. The number of nitro groups is 1. The summed E-state index contributed by atoms with van der Waals surface area (Å²) < 4.78 is 0. The number of nitrogens with two attached hydrogens (primary N) is 1. The SMILES string of the molecule is N[C@H]1CCN(Cc2csc([N+](=O)[O-])c2)C1. The van der Waals surface area contributed by atoms with E-state index < -0.39 is 0 Å². The van der Waals surface area contributed by atoms with Gasteiger partial charge in [-0.2, -0.15) is 0 Å². The largest absolute Gasteiger partial charge is 0.326 e. The van der Waals surface area contributed by atoms with Crippen LogP contribution in [0.3, 0.4) is 0 Å². The standard InChI is InChI=1S/C9H13N3O2S/c10-8-1-2-11(5-8)4-7-3-9(12(13)14)15-6-7/h3,6,8H,1-2,4-5,10H2/t8-/m0/s1. The average Bonchev–Trinajstić information content (AvgIpc) is 2.76. The van der Waals surface area contributed by atoms with E-state index in [0.29, 0.717) is 0 Å². The van der Waals surface area contributed by atoms with Crippen molar-refractivity contribution in [2.45, 2.75) is 19.0 Å². The number of likely N-dealkylation sites (tertiary alicyclic amines) is 1. The molecule has 0 radical (unpaired) electrons. The lowest BCUT2D eigenvalue weighted by Crippen LogP contribution is -2.26. The van der Waals surface area contributed by atoms with Crippen molar-refractivity contribution in [1.29, 1.82) is 0 Å². The summed E-state index contributed by atoms with van der Waals surface area (Å²) in [5.41, 5.74) is 6.80. The molecule has 0 spiro atoms. The molecule has 1 fully saturated rings. The van der Waals surface area contributed by atoms with Crippen LogP contribution in [0.25, 0.3) is 0 Å². The quantitative estimate of drug-likeness (QED) is 0.622. The maximum absolute atomic E-state index is 10.5. The van der Waals surface area contributed by atoms with Gasteiger partial charge in [-0.15, -0.1) is 0 Å². The highest BCUT2D eigenvalue weighted by atomic mass is 32.1. The average molecular weight is 227 g/mol. The molecule has 1 aliphatic rings. The second kappa shape index (κ2) is 4.26. The molecule has 82 valence electrons. The fraction of sp³-hybridized carbons (Fsp3) is 0.556. The van der Waals surface area contributed by atoms with E-state index in [0.717, 1.165) is 31.6 Å². The van der Waals surface area contributed by atoms with Crippen molar-refractivity contribution in [3.05, 3.63) is 27.1 Å². The van der Waals surface area contributed by atoms with E-state index in [1.54, 1.807) is 6.07 Å². The summed E-state index contributed by atoms with van der Waals surface area (Å²) in [6, 6.07) is 1.91. The topological polar surface area (TPSA) is 72.4 Å². The maximum atomic E-state index is 10.5. The molecular formula is C9H13N3O2S. The summed E-state index contributed by atoms with van der Waals surface area (Å²) in [7, 11) is 0. The second-order valence-corrected chi connectivity index (χ2v) is 4.72. The molecule has 0 aliphatic carbocycles. The van der Waals surface area contributed by atoms with Crippen molar-refractivity contribution in [1.82, 2.24) is 4.90 Å². The van der Waals surface area contributed by atoms with Crippen molar-refractivity contribution >= 4 is 16.3 Å². The summed E-state index contributed by atoms with van der Waals surface area (Å²) in [4.78, 5) is 12.4. The lowest BCUT2D eigenvalue weighted by Gasteiger charge is -2.13. The monoisotopic (exact) mass is 227 g/mol. The molecule has 1 aromatic rings. The van der Waals surface area contributed by atoms with E-state index in [9.17, 15) is 10.1 Å². The van der Waals surface area contributed by atoms with Gasteiger partial charge in [0.15, 0.2) is 0 Å². The fourth-order valence-electron chi connectivity index (χ4n) is 1.81. The van der Waals surface area contributed by atoms with Crippen molar-refractivity contribution in [3.8, 4) is 0 Å². The first kappa shape index (κ1) is 10.5. The molecule has 6 heteroatoms. The van der Waals surface area contributed by atoms with Crippen molar-refractivity contribution < 1.29 is 4.92 Å². The molecule has 2 heterocycles. The Labute approximate surface area is 91.6 Å². The number of rotatable bonds is 3. The summed E-state index contributed by atoms with van der Waals surface area (Å²) in [5.74, 6) is 0. The molecule has 0 amide bonds. The van der Waals surface area contributed by atoms with E-state index >= 15 is 0 Å². The van der Waals surface area contributed by atoms with Crippen LogP contribution in [-0.4, -0.2) is 29.0 Å². The van der Waals surface area contributed by atoms with Gasteiger partial charge in [0, 0.05) is 37.1 Å². The summed E-state index contributed by atoms with van der Waals surface area (Å²) in [6.07, 6.45) is 1.02. The zero-order valence-electron chi connectivity index (χ0n) is 8.26. The molecule has 5 nitrogen and oxygen atoms in total. The second-order valence-electron chi connectivity index (χ2n) is 3.83. The Bertz CT molecular complexity index is 366. The van der Waals surface area contributed by atoms with Crippen molar-refractivity contribution in [2.24, 2.45) is 5.73 Å². The lowest BCUT2D eigenvalue weighted by molar-refractivity contribution is -0.380. The van der Waals surface area contributed by atoms with Gasteiger partial charge in [0.2, 0.25) is 0 Å². The molecule has 1 atom stereocenters. The van der Waals surface area contributed by atoms with Gasteiger partial charge in [-0.3, -0.25) is 15.0 Å². The van der Waals surface area contributed by atoms with Gasteiger partial charge in [-0.25, -0.2) is 0 Å². The van der Waals surface area contributed by atoms with E-state index in [4.69, 9.17) is 5.73 Å². The molecule has 1 aromatic heterocycles. The van der Waals surface area contributed by atoms with Crippen LogP contribution in [0.5, 0.6) is 0 Å². The molecule has 0 aromatic carbocycles. The molecule has 15 heavy (non-hydrogen) atoms. The zero-order chi connectivity index (χ0) is 10.8. The predicted molar refractivity (Wildman–Crippen MR) is 58.8 cm³/mol. The molecule has 2 N–H and O–H groups in total. The van der Waals surface area contributed by atoms with Crippen LogP contribution in [0.2, 0.25) is 0 Å². The van der Waals surface area contributed by atoms with Crippen LogP contribution >= 0.6 is 11.3 Å². The smallest absolute Gasteiger partial charge is 0.324 e. The Kier molecular flexibility index (Phi) is 2.99. The Morgan fingerprint density at radius 1 is 1.73 bits per heavy atom. The van der Waals surface area contributed by atoms with Gasteiger partial charge >= 0.3 is 5.00 Å². The molecule has 2 rings (SSSR count). The fourth-order valence-corrected chi connectivity index (χ4v) is 2.53. The molecule has 0 saturated carbocycles. The maximum Gasteiger partial charge on any atom is 0.324 e. The lowest BCUT2D eigenvalue weighted by atomic mass is 10.3. The van der Waals surface area contributed by atoms with Crippen LogP contribution in [0, 0.1) is 10.1 Å². The highest BCUT2D eigenvalue weighted by molar-refractivity contribution is 7.13. The van der Waals surface area contributed by atoms with Crippen LogP contribution in [0.15, 0.2) is 11.4 Å². The van der Waals surface area contributed by atoms with Gasteiger partial charge in [-0.05, 0) is 12.0 Å². The van der Waals surface area contributed by atoms with Crippen LogP contribution in [-0.2, 0) is 6.54 Å². The first-order chi connectivity index (χ1) is 7.15. The minimum Gasteiger partial charge on any atom is -0.326 e. The third kappa shape index (κ3) is 2.53. The Morgan fingerprint density at radius 3 is 3.07 bits per heavy atom. The van der Waals surface area contributed by atoms with Gasteiger partial charge in [0.25, 0.3) is 0 Å². The number of nitrogens with zero attached hydrogens (tertiary/aromatic N) is 2. The van der Waals surface area contributed by atoms with Gasteiger partial charge in [0.1, 0.15) is 0 Å². The molecule has 1 saturated heterocycles.